The van der Waals surface area contributed by atoms with Crippen LogP contribution in [0.5, 0.6) is 5.75 Å². The van der Waals surface area contributed by atoms with Gasteiger partial charge < -0.3 is 4.74 Å². The molecule has 146 valence electrons. The van der Waals surface area contributed by atoms with E-state index in [0.29, 0.717) is 21.8 Å². The van der Waals surface area contributed by atoms with Gasteiger partial charge in [0, 0.05) is 18.6 Å². The number of aromatic nitrogens is 1. The molecule has 7 heteroatoms. The molecule has 0 atom stereocenters. The Balaban J connectivity index is 1.48. The maximum atomic E-state index is 12.6. The van der Waals surface area contributed by atoms with Gasteiger partial charge in [0.1, 0.15) is 12.4 Å². The first-order chi connectivity index (χ1) is 14.1. The summed E-state index contributed by atoms with van der Waals surface area (Å²) in [5.74, 6) is 0.691. The highest BCUT2D eigenvalue weighted by Gasteiger charge is 2.30. The van der Waals surface area contributed by atoms with Crippen LogP contribution in [0.4, 0.5) is 5.13 Å². The molecule has 1 aliphatic heterocycles. The fraction of sp³-hybridized carbons (Fsp3) is 0.136. The van der Waals surface area contributed by atoms with Gasteiger partial charge in [-0.05, 0) is 48.0 Å². The molecule has 2 aromatic carbocycles. The number of carbonyl (C=O) groups is 1. The molecule has 0 unspecified atom stereocenters. The largest absolute Gasteiger partial charge is 0.489 e. The molecule has 1 amide bonds. The highest BCUT2D eigenvalue weighted by atomic mass is 32.2. The smallest absolute Gasteiger partial charge is 0.266 e. The SMILES string of the molecule is Cc1ccc(COc2cccc(/C=C3\S/C(=N/c4nccs4)N(C)C3=O)c2)cc1. The van der Waals surface area contributed by atoms with Crippen LogP contribution in [0, 0.1) is 6.92 Å². The third-order valence-corrected chi connectivity index (χ3v) is 6.02. The zero-order chi connectivity index (χ0) is 20.2. The number of likely N-dealkylation sites (N-methyl/N-ethyl adjacent to an activating group) is 1. The molecule has 5 nitrogen and oxygen atoms in total. The zero-order valence-electron chi connectivity index (χ0n) is 16.0. The van der Waals surface area contributed by atoms with Gasteiger partial charge in [-0.3, -0.25) is 9.69 Å². The lowest BCUT2D eigenvalue weighted by atomic mass is 10.1. The summed E-state index contributed by atoms with van der Waals surface area (Å²) in [6, 6.07) is 16.0. The molecule has 2 heterocycles. The Bertz CT molecular complexity index is 1070. The molecule has 0 N–H and O–H groups in total. The number of rotatable bonds is 5. The number of carbonyl (C=O) groups excluding carboxylic acids is 1. The van der Waals surface area contributed by atoms with Crippen LogP contribution in [0.25, 0.3) is 6.08 Å². The van der Waals surface area contributed by atoms with Crippen molar-refractivity contribution in [2.45, 2.75) is 13.5 Å². The van der Waals surface area contributed by atoms with Crippen LogP contribution in [0.1, 0.15) is 16.7 Å². The van der Waals surface area contributed by atoms with E-state index < -0.39 is 0 Å². The molecule has 0 bridgehead atoms. The van der Waals surface area contributed by atoms with Gasteiger partial charge in [0.2, 0.25) is 5.13 Å². The molecule has 0 saturated carbocycles. The van der Waals surface area contributed by atoms with Crippen LogP contribution in [-0.4, -0.2) is 28.0 Å². The summed E-state index contributed by atoms with van der Waals surface area (Å²) in [7, 11) is 1.73. The summed E-state index contributed by atoms with van der Waals surface area (Å²) >= 11 is 2.79. The molecular weight excluding hydrogens is 402 g/mol. The van der Waals surface area contributed by atoms with E-state index in [1.54, 1.807) is 18.1 Å². The summed E-state index contributed by atoms with van der Waals surface area (Å²) in [5.41, 5.74) is 3.25. The number of hydrogen-bond acceptors (Lipinski definition) is 6. The van der Waals surface area contributed by atoms with E-state index in [2.05, 4.69) is 41.2 Å². The molecule has 1 saturated heterocycles. The molecule has 0 spiro atoms. The second-order valence-corrected chi connectivity index (χ2v) is 8.41. The highest BCUT2D eigenvalue weighted by molar-refractivity contribution is 8.18. The number of amides is 1. The Morgan fingerprint density at radius 2 is 2.03 bits per heavy atom. The monoisotopic (exact) mass is 421 g/mol. The fourth-order valence-corrected chi connectivity index (χ4v) is 4.23. The van der Waals surface area contributed by atoms with Gasteiger partial charge in [-0.15, -0.1) is 11.3 Å². The normalized spacial score (nSPS) is 16.8. The molecule has 1 aromatic heterocycles. The number of thioether (sulfide) groups is 1. The molecule has 1 fully saturated rings. The third kappa shape index (κ3) is 4.75. The van der Waals surface area contributed by atoms with Crippen LogP contribution in [-0.2, 0) is 11.4 Å². The number of aliphatic imine (C=N–C) groups is 1. The quantitative estimate of drug-likeness (QED) is 0.527. The molecule has 0 radical (unpaired) electrons. The van der Waals surface area contributed by atoms with Crippen LogP contribution >= 0.6 is 23.1 Å². The third-order valence-electron chi connectivity index (χ3n) is 4.30. The van der Waals surface area contributed by atoms with Crippen molar-refractivity contribution in [1.29, 1.82) is 0 Å². The van der Waals surface area contributed by atoms with Crippen molar-refractivity contribution >= 4 is 45.4 Å². The summed E-state index contributed by atoms with van der Waals surface area (Å²) in [4.78, 5) is 23.4. The Morgan fingerprint density at radius 1 is 1.21 bits per heavy atom. The van der Waals surface area contributed by atoms with Crippen LogP contribution in [0.2, 0.25) is 0 Å². The first-order valence-electron chi connectivity index (χ1n) is 9.03. The minimum absolute atomic E-state index is 0.0729. The van der Waals surface area contributed by atoms with E-state index in [-0.39, 0.29) is 5.91 Å². The lowest BCUT2D eigenvalue weighted by Crippen LogP contribution is -2.23. The number of benzene rings is 2. The summed E-state index contributed by atoms with van der Waals surface area (Å²) in [5, 5.41) is 3.13. The zero-order valence-corrected chi connectivity index (χ0v) is 17.7. The van der Waals surface area contributed by atoms with Crippen LogP contribution in [0.15, 0.2) is 70.0 Å². The van der Waals surface area contributed by atoms with Gasteiger partial charge in [0.25, 0.3) is 5.91 Å². The van der Waals surface area contributed by atoms with Crippen molar-refractivity contribution < 1.29 is 9.53 Å². The Labute approximate surface area is 177 Å². The van der Waals surface area contributed by atoms with Gasteiger partial charge in [-0.25, -0.2) is 4.98 Å². The second kappa shape index (κ2) is 8.63. The summed E-state index contributed by atoms with van der Waals surface area (Å²) in [6.45, 7) is 2.57. The van der Waals surface area contributed by atoms with Crippen LogP contribution < -0.4 is 4.74 Å². The minimum Gasteiger partial charge on any atom is -0.489 e. The number of ether oxygens (including phenoxy) is 1. The van der Waals surface area contributed by atoms with E-state index in [1.807, 2.05) is 35.7 Å². The first kappa shape index (κ1) is 19.4. The fourth-order valence-electron chi connectivity index (χ4n) is 2.70. The first-order valence-corrected chi connectivity index (χ1v) is 10.7. The van der Waals surface area contributed by atoms with Crippen LogP contribution in [0.3, 0.4) is 0 Å². The summed E-state index contributed by atoms with van der Waals surface area (Å²) in [6.07, 6.45) is 3.57. The number of hydrogen-bond donors (Lipinski definition) is 0. The number of aryl methyl sites for hydroxylation is 1. The molecule has 4 rings (SSSR count). The van der Waals surface area contributed by atoms with Crippen molar-refractivity contribution in [3.63, 3.8) is 0 Å². The average molecular weight is 422 g/mol. The van der Waals surface area contributed by atoms with Gasteiger partial charge in [0.15, 0.2) is 5.17 Å². The molecular formula is C22H19N3O2S2. The summed E-state index contributed by atoms with van der Waals surface area (Å²) < 4.78 is 5.91. The average Bonchev–Trinajstić information content (AvgIpc) is 3.33. The predicted octanol–water partition coefficient (Wildman–Crippen LogP) is 5.26. The molecule has 29 heavy (non-hydrogen) atoms. The number of amidine groups is 1. The number of thiazole rings is 1. The predicted molar refractivity (Wildman–Crippen MR) is 120 cm³/mol. The minimum atomic E-state index is -0.0729. The Kier molecular flexibility index (Phi) is 5.78. The van der Waals surface area contributed by atoms with E-state index in [4.69, 9.17) is 4.74 Å². The van der Waals surface area contributed by atoms with Crippen molar-refractivity contribution in [2.24, 2.45) is 4.99 Å². The molecule has 3 aromatic rings. The maximum absolute atomic E-state index is 12.6. The number of nitrogens with zero attached hydrogens (tertiary/aromatic N) is 3. The molecule has 0 aliphatic carbocycles. The van der Waals surface area contributed by atoms with Crippen molar-refractivity contribution in [2.75, 3.05) is 7.05 Å². The lowest BCUT2D eigenvalue weighted by molar-refractivity contribution is -0.121. The van der Waals surface area contributed by atoms with Crippen molar-refractivity contribution in [1.82, 2.24) is 9.88 Å². The lowest BCUT2D eigenvalue weighted by Gasteiger charge is -2.07. The van der Waals surface area contributed by atoms with E-state index >= 15 is 0 Å². The standard InChI is InChI=1S/C22H19N3O2S2/c1-15-6-8-16(9-7-15)14-27-18-5-3-4-17(12-18)13-19-20(26)25(2)22(29-19)24-21-23-10-11-28-21/h3-13H,14H2,1-2H3/b19-13-,24-22+. The Hall–Kier alpha value is -2.90. The van der Waals surface area contributed by atoms with E-state index in [9.17, 15) is 4.79 Å². The van der Waals surface area contributed by atoms with Gasteiger partial charge in [-0.2, -0.15) is 4.99 Å². The second-order valence-electron chi connectivity index (χ2n) is 6.53. The van der Waals surface area contributed by atoms with E-state index in [0.717, 1.165) is 16.9 Å². The van der Waals surface area contributed by atoms with Crippen molar-refractivity contribution in [3.8, 4) is 5.75 Å². The van der Waals surface area contributed by atoms with Gasteiger partial charge in [0.05, 0.1) is 4.91 Å². The molecule has 1 aliphatic rings. The van der Waals surface area contributed by atoms with E-state index in [1.165, 1.54) is 28.7 Å². The van der Waals surface area contributed by atoms with Gasteiger partial charge >= 0.3 is 0 Å². The maximum Gasteiger partial charge on any atom is 0.266 e. The van der Waals surface area contributed by atoms with Crippen molar-refractivity contribution in [3.05, 3.63) is 81.7 Å². The topological polar surface area (TPSA) is 54.8 Å². The highest BCUT2D eigenvalue weighted by Crippen LogP contribution is 2.33. The Morgan fingerprint density at radius 3 is 2.79 bits per heavy atom. The van der Waals surface area contributed by atoms with Gasteiger partial charge in [-0.1, -0.05) is 42.0 Å².